The molecule has 3 aromatic rings. The third-order valence-electron chi connectivity index (χ3n) is 3.43. The highest BCUT2D eigenvalue weighted by atomic mass is 127. The Hall–Kier alpha value is -2.23. The van der Waals surface area contributed by atoms with Crippen molar-refractivity contribution < 1.29 is 13.6 Å². The monoisotopic (exact) mass is 442 g/mol. The predicted octanol–water partition coefficient (Wildman–Crippen LogP) is 3.60. The van der Waals surface area contributed by atoms with E-state index in [4.69, 9.17) is 0 Å². The highest BCUT2D eigenvalue weighted by Crippen LogP contribution is 2.16. The molecule has 5 nitrogen and oxygen atoms in total. The van der Waals surface area contributed by atoms with Crippen LogP contribution in [0.5, 0.6) is 0 Å². The molecule has 0 bridgehead atoms. The van der Waals surface area contributed by atoms with E-state index in [1.54, 1.807) is 22.9 Å². The number of halogens is 3. The van der Waals surface area contributed by atoms with Crippen molar-refractivity contribution in [2.75, 3.05) is 0 Å². The molecule has 1 aromatic carbocycles. The lowest BCUT2D eigenvalue weighted by molar-refractivity contribution is 0.0660. The lowest BCUT2D eigenvalue weighted by Crippen LogP contribution is -2.26. The Balaban J connectivity index is 1.77. The second-order valence-corrected chi connectivity index (χ2v) is 6.20. The van der Waals surface area contributed by atoms with E-state index in [1.807, 2.05) is 24.3 Å². The largest absolute Gasteiger partial charge is 0.344 e. The predicted molar refractivity (Wildman–Crippen MR) is 93.1 cm³/mol. The van der Waals surface area contributed by atoms with Gasteiger partial charge in [0.2, 0.25) is 0 Å². The van der Waals surface area contributed by atoms with Crippen LogP contribution in [0.3, 0.4) is 0 Å². The van der Waals surface area contributed by atoms with Crippen LogP contribution in [-0.4, -0.2) is 20.0 Å². The molecule has 124 valence electrons. The number of aromatic nitrogens is 3. The molecule has 0 unspecified atom stereocenters. The normalized spacial score (nSPS) is 11.0. The van der Waals surface area contributed by atoms with E-state index in [0.29, 0.717) is 5.69 Å². The average molecular weight is 442 g/mol. The Morgan fingerprint density at radius 3 is 2.83 bits per heavy atom. The maximum Gasteiger partial charge on any atom is 0.319 e. The van der Waals surface area contributed by atoms with Gasteiger partial charge in [-0.25, -0.2) is 4.98 Å². The van der Waals surface area contributed by atoms with E-state index in [0.717, 1.165) is 13.8 Å². The summed E-state index contributed by atoms with van der Waals surface area (Å²) in [5, 5.41) is 2.63. The summed E-state index contributed by atoms with van der Waals surface area (Å²) in [6, 6.07) is 11.1. The number of carbonyl (C=O) groups is 1. The van der Waals surface area contributed by atoms with E-state index in [-0.39, 0.29) is 18.3 Å². The van der Waals surface area contributed by atoms with E-state index in [9.17, 15) is 13.6 Å². The van der Waals surface area contributed by atoms with Gasteiger partial charge < -0.3 is 9.88 Å². The SMILES string of the molecule is O=C(NCc1nccn1C(F)F)c1cccn1-c1cccc(I)c1. The van der Waals surface area contributed by atoms with Gasteiger partial charge in [0, 0.05) is 27.8 Å². The van der Waals surface area contributed by atoms with Gasteiger partial charge in [-0.05, 0) is 52.9 Å². The van der Waals surface area contributed by atoms with Crippen molar-refractivity contribution in [3.63, 3.8) is 0 Å². The first-order valence-corrected chi connectivity index (χ1v) is 8.15. The number of rotatable bonds is 5. The Morgan fingerprint density at radius 2 is 2.08 bits per heavy atom. The fourth-order valence-corrected chi connectivity index (χ4v) is 2.85. The van der Waals surface area contributed by atoms with Crippen molar-refractivity contribution in [2.45, 2.75) is 13.1 Å². The minimum Gasteiger partial charge on any atom is -0.344 e. The van der Waals surface area contributed by atoms with Crippen molar-refractivity contribution in [3.05, 3.63) is 70.1 Å². The fourth-order valence-electron chi connectivity index (χ4n) is 2.33. The summed E-state index contributed by atoms with van der Waals surface area (Å²) in [6.07, 6.45) is 4.24. The first-order chi connectivity index (χ1) is 11.6. The number of alkyl halides is 2. The Morgan fingerprint density at radius 1 is 1.25 bits per heavy atom. The summed E-state index contributed by atoms with van der Waals surface area (Å²) in [4.78, 5) is 16.2. The topological polar surface area (TPSA) is 51.9 Å². The maximum atomic E-state index is 12.8. The summed E-state index contributed by atoms with van der Waals surface area (Å²) < 4.78 is 29.1. The quantitative estimate of drug-likeness (QED) is 0.615. The van der Waals surface area contributed by atoms with Crippen LogP contribution in [0.2, 0.25) is 0 Å². The van der Waals surface area contributed by atoms with Crippen molar-refractivity contribution in [3.8, 4) is 5.69 Å². The fraction of sp³-hybridized carbons (Fsp3) is 0.125. The molecule has 0 aliphatic rings. The zero-order valence-electron chi connectivity index (χ0n) is 12.4. The van der Waals surface area contributed by atoms with Crippen LogP contribution in [0, 0.1) is 3.57 Å². The van der Waals surface area contributed by atoms with E-state index in [1.165, 1.54) is 12.4 Å². The Labute approximate surface area is 150 Å². The molecule has 8 heteroatoms. The molecule has 2 heterocycles. The van der Waals surface area contributed by atoms with Crippen LogP contribution in [0.4, 0.5) is 8.78 Å². The molecule has 3 rings (SSSR count). The number of nitrogens with zero attached hydrogens (tertiary/aromatic N) is 3. The van der Waals surface area contributed by atoms with Crippen LogP contribution in [0.15, 0.2) is 55.0 Å². The number of imidazole rings is 1. The summed E-state index contributed by atoms with van der Waals surface area (Å²) in [6.45, 7) is -2.76. The van der Waals surface area contributed by atoms with Gasteiger partial charge in [-0.3, -0.25) is 9.36 Å². The first-order valence-electron chi connectivity index (χ1n) is 7.07. The molecule has 24 heavy (non-hydrogen) atoms. The lowest BCUT2D eigenvalue weighted by Gasteiger charge is -2.11. The Kier molecular flexibility index (Phi) is 4.93. The molecule has 2 aromatic heterocycles. The van der Waals surface area contributed by atoms with Gasteiger partial charge >= 0.3 is 6.55 Å². The lowest BCUT2D eigenvalue weighted by atomic mass is 10.3. The Bertz CT molecular complexity index is 859. The zero-order chi connectivity index (χ0) is 17.1. The molecule has 1 amide bonds. The van der Waals surface area contributed by atoms with Crippen LogP contribution in [0.25, 0.3) is 5.69 Å². The van der Waals surface area contributed by atoms with Gasteiger partial charge in [0.25, 0.3) is 5.91 Å². The molecule has 1 N–H and O–H groups in total. The van der Waals surface area contributed by atoms with Crippen LogP contribution in [-0.2, 0) is 6.54 Å². The highest BCUT2D eigenvalue weighted by Gasteiger charge is 2.15. The standard InChI is InChI=1S/C16H13F2IN4O/c17-16(18)23-8-6-20-14(23)10-21-15(24)13-5-2-7-22(13)12-4-1-3-11(19)9-12/h1-9,16H,10H2,(H,21,24). The summed E-state index contributed by atoms with van der Waals surface area (Å²) in [5.74, 6) is -0.256. The smallest absolute Gasteiger partial charge is 0.319 e. The van der Waals surface area contributed by atoms with Gasteiger partial charge in [0.1, 0.15) is 11.5 Å². The highest BCUT2D eigenvalue weighted by molar-refractivity contribution is 14.1. The molecule has 0 spiro atoms. The number of amides is 1. The molecule has 0 radical (unpaired) electrons. The molecule has 0 atom stereocenters. The average Bonchev–Trinajstić information content (AvgIpc) is 3.21. The number of hydrogen-bond donors (Lipinski definition) is 1. The number of hydrogen-bond acceptors (Lipinski definition) is 2. The van der Waals surface area contributed by atoms with Crippen molar-refractivity contribution in [1.29, 1.82) is 0 Å². The first kappa shape index (κ1) is 16.6. The minimum absolute atomic E-state index is 0.0757. The number of benzene rings is 1. The van der Waals surface area contributed by atoms with Gasteiger partial charge in [-0.1, -0.05) is 6.07 Å². The van der Waals surface area contributed by atoms with E-state index >= 15 is 0 Å². The van der Waals surface area contributed by atoms with Crippen LogP contribution in [0.1, 0.15) is 22.9 Å². The van der Waals surface area contributed by atoms with Crippen molar-refractivity contribution in [2.24, 2.45) is 0 Å². The van der Waals surface area contributed by atoms with E-state index < -0.39 is 6.55 Å². The molecular weight excluding hydrogens is 429 g/mol. The molecule has 0 saturated carbocycles. The second-order valence-electron chi connectivity index (χ2n) is 4.95. The second kappa shape index (κ2) is 7.12. The summed E-state index contributed by atoms with van der Waals surface area (Å²) in [5.41, 5.74) is 1.28. The molecular formula is C16H13F2IN4O. The van der Waals surface area contributed by atoms with Gasteiger partial charge in [0.05, 0.1) is 6.54 Å². The number of carbonyl (C=O) groups excluding carboxylic acids is 1. The zero-order valence-corrected chi connectivity index (χ0v) is 14.5. The van der Waals surface area contributed by atoms with Gasteiger partial charge in [-0.2, -0.15) is 8.78 Å². The number of nitrogens with one attached hydrogen (secondary N) is 1. The molecule has 0 saturated heterocycles. The summed E-state index contributed by atoms with van der Waals surface area (Å²) in [7, 11) is 0. The van der Waals surface area contributed by atoms with Gasteiger partial charge in [-0.15, -0.1) is 0 Å². The van der Waals surface area contributed by atoms with E-state index in [2.05, 4.69) is 32.9 Å². The van der Waals surface area contributed by atoms with Crippen LogP contribution >= 0.6 is 22.6 Å². The van der Waals surface area contributed by atoms with Crippen molar-refractivity contribution >= 4 is 28.5 Å². The molecule has 0 aliphatic carbocycles. The summed E-state index contributed by atoms with van der Waals surface area (Å²) >= 11 is 2.20. The maximum absolute atomic E-state index is 12.8. The minimum atomic E-state index is -2.69. The molecule has 0 aliphatic heterocycles. The van der Waals surface area contributed by atoms with Gasteiger partial charge in [0.15, 0.2) is 0 Å². The third-order valence-corrected chi connectivity index (χ3v) is 4.10. The third kappa shape index (κ3) is 3.48. The molecule has 0 fully saturated rings. The van der Waals surface area contributed by atoms with Crippen molar-refractivity contribution in [1.82, 2.24) is 19.4 Å². The van der Waals surface area contributed by atoms with Crippen LogP contribution < -0.4 is 5.32 Å².